The number of hydrazone groups is 1. The zero-order valence-electron chi connectivity index (χ0n) is 16.9. The van der Waals surface area contributed by atoms with Gasteiger partial charge in [-0.05, 0) is 42.3 Å². The van der Waals surface area contributed by atoms with Crippen LogP contribution in [-0.2, 0) is 11.4 Å². The predicted molar refractivity (Wildman–Crippen MR) is 128 cm³/mol. The number of nitrogens with one attached hydrogen (secondary N) is 1. The molecule has 0 bridgehead atoms. The second-order valence-electron chi connectivity index (χ2n) is 6.88. The first-order chi connectivity index (χ1) is 15.2. The summed E-state index contributed by atoms with van der Waals surface area (Å²) in [6.45, 7) is 2.56. The Morgan fingerprint density at radius 2 is 2.00 bits per heavy atom. The van der Waals surface area contributed by atoms with E-state index in [4.69, 9.17) is 4.74 Å². The highest BCUT2D eigenvalue weighted by Crippen LogP contribution is 2.29. The molecule has 1 N–H and O–H groups in total. The van der Waals surface area contributed by atoms with Gasteiger partial charge in [0, 0.05) is 0 Å². The Morgan fingerprint density at radius 3 is 2.87 bits per heavy atom. The highest BCUT2D eigenvalue weighted by Gasteiger charge is 2.07. The van der Waals surface area contributed by atoms with Crippen LogP contribution in [-0.4, -0.2) is 22.9 Å². The van der Waals surface area contributed by atoms with Gasteiger partial charge in [-0.15, -0.1) is 11.3 Å². The number of rotatable bonds is 8. The molecule has 3 aromatic carbocycles. The number of thioether (sulfide) groups is 1. The lowest BCUT2D eigenvalue weighted by Gasteiger charge is -2.07. The number of aryl methyl sites for hydroxylation is 1. The fourth-order valence-electron chi connectivity index (χ4n) is 2.90. The van der Waals surface area contributed by atoms with Gasteiger partial charge in [0.1, 0.15) is 12.4 Å². The first-order valence-electron chi connectivity index (χ1n) is 9.74. The molecule has 0 unspecified atom stereocenters. The second kappa shape index (κ2) is 10.2. The van der Waals surface area contributed by atoms with E-state index >= 15 is 0 Å². The lowest BCUT2D eigenvalue weighted by molar-refractivity contribution is -0.118. The molecule has 7 heteroatoms. The monoisotopic (exact) mass is 447 g/mol. The molecule has 4 rings (SSSR count). The highest BCUT2D eigenvalue weighted by molar-refractivity contribution is 8.01. The number of ether oxygens (including phenoxy) is 1. The number of nitrogens with zero attached hydrogens (tertiary/aromatic N) is 2. The summed E-state index contributed by atoms with van der Waals surface area (Å²) in [7, 11) is 0. The molecule has 1 heterocycles. The predicted octanol–water partition coefficient (Wildman–Crippen LogP) is 5.43. The summed E-state index contributed by atoms with van der Waals surface area (Å²) < 4.78 is 7.86. The van der Waals surface area contributed by atoms with Crippen molar-refractivity contribution in [1.29, 1.82) is 0 Å². The smallest absolute Gasteiger partial charge is 0.250 e. The van der Waals surface area contributed by atoms with Crippen LogP contribution in [0.4, 0.5) is 0 Å². The number of hydrogen-bond acceptors (Lipinski definition) is 6. The standard InChI is InChI=1S/C24H21N3O2S2/c1-17-6-4-8-19(12-17)15-29-20-9-5-7-18(13-20)14-25-27-23(28)16-30-24-26-21-10-2-3-11-22(21)31-24/h2-14H,15-16H2,1H3,(H,27,28)/b25-14+. The van der Waals surface area contributed by atoms with Crippen molar-refractivity contribution in [3.63, 3.8) is 0 Å². The molecule has 156 valence electrons. The Kier molecular flexibility index (Phi) is 6.96. The number of amides is 1. The zero-order valence-corrected chi connectivity index (χ0v) is 18.6. The Labute approximate surface area is 189 Å². The van der Waals surface area contributed by atoms with E-state index in [-0.39, 0.29) is 11.7 Å². The van der Waals surface area contributed by atoms with Crippen molar-refractivity contribution in [2.45, 2.75) is 17.9 Å². The number of aromatic nitrogens is 1. The van der Waals surface area contributed by atoms with Crippen LogP contribution in [0.15, 0.2) is 82.2 Å². The van der Waals surface area contributed by atoms with Gasteiger partial charge in [0.2, 0.25) is 0 Å². The normalized spacial score (nSPS) is 11.1. The van der Waals surface area contributed by atoms with Crippen LogP contribution in [0.2, 0.25) is 0 Å². The van der Waals surface area contributed by atoms with Crippen LogP contribution < -0.4 is 10.2 Å². The molecule has 1 amide bonds. The van der Waals surface area contributed by atoms with Crippen molar-refractivity contribution in [2.75, 3.05) is 5.75 Å². The van der Waals surface area contributed by atoms with Crippen LogP contribution in [0.5, 0.6) is 5.75 Å². The Hall–Kier alpha value is -3.16. The van der Waals surface area contributed by atoms with E-state index in [1.165, 1.54) is 17.3 Å². The number of carbonyl (C=O) groups excluding carboxylic acids is 1. The molecular weight excluding hydrogens is 426 g/mol. The number of benzene rings is 3. The van der Waals surface area contributed by atoms with E-state index in [9.17, 15) is 4.79 Å². The second-order valence-corrected chi connectivity index (χ2v) is 9.13. The lowest BCUT2D eigenvalue weighted by Crippen LogP contribution is -2.19. The first-order valence-corrected chi connectivity index (χ1v) is 11.5. The van der Waals surface area contributed by atoms with Crippen LogP contribution >= 0.6 is 23.1 Å². The quantitative estimate of drug-likeness (QED) is 0.222. The third kappa shape index (κ3) is 6.16. The van der Waals surface area contributed by atoms with Gasteiger partial charge < -0.3 is 4.74 Å². The van der Waals surface area contributed by atoms with Crippen LogP contribution in [0, 0.1) is 6.92 Å². The molecule has 0 fully saturated rings. The van der Waals surface area contributed by atoms with E-state index in [2.05, 4.69) is 34.6 Å². The van der Waals surface area contributed by atoms with Crippen molar-refractivity contribution < 1.29 is 9.53 Å². The van der Waals surface area contributed by atoms with Crippen molar-refractivity contribution in [1.82, 2.24) is 10.4 Å². The van der Waals surface area contributed by atoms with Gasteiger partial charge in [-0.1, -0.05) is 65.9 Å². The minimum absolute atomic E-state index is 0.174. The molecule has 0 saturated heterocycles. The number of thiazole rings is 1. The molecule has 5 nitrogen and oxygen atoms in total. The van der Waals surface area contributed by atoms with Crippen molar-refractivity contribution in [3.8, 4) is 5.75 Å². The Balaban J connectivity index is 1.26. The fourth-order valence-corrected chi connectivity index (χ4v) is 4.77. The average molecular weight is 448 g/mol. The van der Waals surface area contributed by atoms with Crippen molar-refractivity contribution in [2.24, 2.45) is 5.10 Å². The topological polar surface area (TPSA) is 63.6 Å². The van der Waals surface area contributed by atoms with Crippen LogP contribution in [0.3, 0.4) is 0 Å². The third-order valence-electron chi connectivity index (χ3n) is 4.35. The molecule has 0 saturated carbocycles. The van der Waals surface area contributed by atoms with Crippen molar-refractivity contribution in [3.05, 3.63) is 89.5 Å². The third-order valence-corrected chi connectivity index (χ3v) is 6.53. The molecular formula is C24H21N3O2S2. The Bertz CT molecular complexity index is 1190. The summed E-state index contributed by atoms with van der Waals surface area (Å²) in [5, 5.41) is 4.06. The zero-order chi connectivity index (χ0) is 21.5. The maximum absolute atomic E-state index is 12.1. The average Bonchev–Trinajstić information content (AvgIpc) is 3.20. The summed E-state index contributed by atoms with van der Waals surface area (Å²) in [6, 6.07) is 23.8. The van der Waals surface area contributed by atoms with Crippen molar-refractivity contribution >= 4 is 45.4 Å². The van der Waals surface area contributed by atoms with Gasteiger partial charge >= 0.3 is 0 Å². The molecule has 1 aromatic heterocycles. The van der Waals surface area contributed by atoms with Crippen LogP contribution in [0.25, 0.3) is 10.2 Å². The van der Waals surface area contributed by atoms with E-state index in [0.717, 1.165) is 31.4 Å². The molecule has 0 aliphatic carbocycles. The molecule has 0 atom stereocenters. The fraction of sp³-hybridized carbons (Fsp3) is 0.125. The largest absolute Gasteiger partial charge is 0.489 e. The summed E-state index contributed by atoms with van der Waals surface area (Å²) in [5.41, 5.74) is 6.70. The maximum atomic E-state index is 12.1. The molecule has 0 radical (unpaired) electrons. The number of para-hydroxylation sites is 1. The highest BCUT2D eigenvalue weighted by atomic mass is 32.2. The molecule has 0 aliphatic rings. The van der Waals surface area contributed by atoms with E-state index in [1.54, 1.807) is 17.6 Å². The molecule has 0 aliphatic heterocycles. The van der Waals surface area contributed by atoms with Crippen LogP contribution in [0.1, 0.15) is 16.7 Å². The van der Waals surface area contributed by atoms with Gasteiger partial charge in [0.25, 0.3) is 5.91 Å². The van der Waals surface area contributed by atoms with Gasteiger partial charge in [0.15, 0.2) is 4.34 Å². The SMILES string of the molecule is Cc1cccc(COc2cccc(/C=N/NC(=O)CSc3nc4ccccc4s3)c2)c1. The minimum Gasteiger partial charge on any atom is -0.489 e. The summed E-state index contributed by atoms with van der Waals surface area (Å²) in [6.07, 6.45) is 1.61. The Morgan fingerprint density at radius 1 is 1.13 bits per heavy atom. The minimum atomic E-state index is -0.174. The van der Waals surface area contributed by atoms with Gasteiger partial charge in [-0.3, -0.25) is 4.79 Å². The first kappa shape index (κ1) is 21.1. The lowest BCUT2D eigenvalue weighted by atomic mass is 10.1. The summed E-state index contributed by atoms with van der Waals surface area (Å²) in [5.74, 6) is 0.840. The van der Waals surface area contributed by atoms with Gasteiger partial charge in [0.05, 0.1) is 22.2 Å². The van der Waals surface area contributed by atoms with E-state index in [0.29, 0.717) is 6.61 Å². The summed E-state index contributed by atoms with van der Waals surface area (Å²) >= 11 is 2.99. The van der Waals surface area contributed by atoms with Gasteiger partial charge in [-0.25, -0.2) is 10.4 Å². The number of fused-ring (bicyclic) bond motifs is 1. The summed E-state index contributed by atoms with van der Waals surface area (Å²) in [4.78, 5) is 16.6. The molecule has 0 spiro atoms. The van der Waals surface area contributed by atoms with E-state index < -0.39 is 0 Å². The number of hydrogen-bond donors (Lipinski definition) is 1. The number of carbonyl (C=O) groups is 1. The maximum Gasteiger partial charge on any atom is 0.250 e. The molecule has 4 aromatic rings. The molecule has 31 heavy (non-hydrogen) atoms. The van der Waals surface area contributed by atoms with E-state index in [1.807, 2.05) is 60.7 Å². The van der Waals surface area contributed by atoms with Gasteiger partial charge in [-0.2, -0.15) is 5.10 Å².